The Kier molecular flexibility index (Phi) is 3.49. The molecule has 0 aromatic heterocycles. The summed E-state index contributed by atoms with van der Waals surface area (Å²) in [5.41, 5.74) is 7.24. The summed E-state index contributed by atoms with van der Waals surface area (Å²) in [4.78, 5) is 11.3. The Balaban J connectivity index is 0.000000980. The first-order valence-electron chi connectivity index (χ1n) is 4.29. The minimum Gasteiger partial charge on any atom is -0.461 e. The van der Waals surface area contributed by atoms with E-state index >= 15 is 0 Å². The number of hydrogen-bond acceptors (Lipinski definition) is 3. The van der Waals surface area contributed by atoms with Crippen molar-refractivity contribution in [3.05, 3.63) is 35.4 Å². The van der Waals surface area contributed by atoms with Crippen LogP contribution in [0.1, 0.15) is 21.8 Å². The van der Waals surface area contributed by atoms with Crippen LogP contribution < -0.4 is 5.73 Å². The lowest BCUT2D eigenvalue weighted by Gasteiger charge is -2.23. The van der Waals surface area contributed by atoms with Gasteiger partial charge in [-0.15, -0.1) is 12.4 Å². The average molecular weight is 214 g/mol. The average Bonchev–Trinajstić information content (AvgIpc) is 2.19. The minimum absolute atomic E-state index is 0. The molecule has 0 aliphatic carbocycles. The van der Waals surface area contributed by atoms with Crippen molar-refractivity contribution in [2.45, 2.75) is 5.92 Å². The van der Waals surface area contributed by atoms with Crippen molar-refractivity contribution in [1.82, 2.24) is 0 Å². The van der Waals surface area contributed by atoms with Crippen LogP contribution in [0.25, 0.3) is 0 Å². The molecule has 1 aromatic rings. The fourth-order valence-electron chi connectivity index (χ4n) is 1.58. The molecule has 1 aliphatic heterocycles. The maximum absolute atomic E-state index is 11.3. The van der Waals surface area contributed by atoms with Gasteiger partial charge in [0.25, 0.3) is 0 Å². The standard InChI is InChI=1S/C10H11NO2.ClH/c11-5-7-6-13-10(12)9-4-2-1-3-8(7)9;/h1-4,7H,5-6,11H2;1H. The smallest absolute Gasteiger partial charge is 0.338 e. The molecule has 1 atom stereocenters. The van der Waals surface area contributed by atoms with Gasteiger partial charge in [-0.3, -0.25) is 0 Å². The lowest BCUT2D eigenvalue weighted by atomic mass is 9.93. The van der Waals surface area contributed by atoms with Crippen molar-refractivity contribution in [2.24, 2.45) is 5.73 Å². The highest BCUT2D eigenvalue weighted by Gasteiger charge is 2.24. The van der Waals surface area contributed by atoms with Gasteiger partial charge in [0.2, 0.25) is 0 Å². The van der Waals surface area contributed by atoms with Crippen LogP contribution in [0.4, 0.5) is 0 Å². The molecule has 0 bridgehead atoms. The number of fused-ring (bicyclic) bond motifs is 1. The predicted molar refractivity (Wildman–Crippen MR) is 55.8 cm³/mol. The van der Waals surface area contributed by atoms with Crippen LogP contribution in [0.5, 0.6) is 0 Å². The van der Waals surface area contributed by atoms with Crippen LogP contribution in [0, 0.1) is 0 Å². The van der Waals surface area contributed by atoms with E-state index < -0.39 is 0 Å². The molecule has 76 valence electrons. The van der Waals surface area contributed by atoms with Crippen LogP contribution in [0.3, 0.4) is 0 Å². The fraction of sp³-hybridized carbons (Fsp3) is 0.300. The lowest BCUT2D eigenvalue weighted by molar-refractivity contribution is 0.0444. The number of carbonyl (C=O) groups excluding carboxylic acids is 1. The molecule has 1 unspecified atom stereocenters. The first-order valence-corrected chi connectivity index (χ1v) is 4.29. The van der Waals surface area contributed by atoms with Crippen LogP contribution in [0.15, 0.2) is 24.3 Å². The van der Waals surface area contributed by atoms with Gasteiger partial charge in [0, 0.05) is 12.5 Å². The second-order valence-corrected chi connectivity index (χ2v) is 3.12. The van der Waals surface area contributed by atoms with Gasteiger partial charge in [-0.2, -0.15) is 0 Å². The van der Waals surface area contributed by atoms with E-state index in [1.807, 2.05) is 18.2 Å². The van der Waals surface area contributed by atoms with Crippen LogP contribution in [-0.4, -0.2) is 19.1 Å². The molecule has 0 fully saturated rings. The summed E-state index contributed by atoms with van der Waals surface area (Å²) in [5, 5.41) is 0. The highest BCUT2D eigenvalue weighted by Crippen LogP contribution is 2.25. The zero-order chi connectivity index (χ0) is 9.26. The van der Waals surface area contributed by atoms with E-state index in [2.05, 4.69) is 0 Å². The molecule has 3 nitrogen and oxygen atoms in total. The molecule has 2 N–H and O–H groups in total. The number of hydrogen-bond donors (Lipinski definition) is 1. The fourth-order valence-corrected chi connectivity index (χ4v) is 1.58. The Hall–Kier alpha value is -1.06. The zero-order valence-electron chi connectivity index (χ0n) is 7.60. The van der Waals surface area contributed by atoms with Gasteiger partial charge in [-0.1, -0.05) is 18.2 Å². The summed E-state index contributed by atoms with van der Waals surface area (Å²) in [6, 6.07) is 7.46. The second kappa shape index (κ2) is 4.44. The van der Waals surface area contributed by atoms with E-state index in [0.717, 1.165) is 5.56 Å². The van der Waals surface area contributed by atoms with E-state index in [0.29, 0.717) is 18.7 Å². The first kappa shape index (κ1) is 11.0. The molecule has 1 aliphatic rings. The summed E-state index contributed by atoms with van der Waals surface area (Å²) in [5.74, 6) is -0.0748. The Bertz CT molecular complexity index is 341. The number of cyclic esters (lactones) is 1. The minimum atomic E-state index is -0.236. The van der Waals surface area contributed by atoms with Gasteiger partial charge in [0.05, 0.1) is 12.2 Å². The van der Waals surface area contributed by atoms with Crippen LogP contribution in [0.2, 0.25) is 0 Å². The number of rotatable bonds is 1. The van der Waals surface area contributed by atoms with Crippen molar-refractivity contribution < 1.29 is 9.53 Å². The van der Waals surface area contributed by atoms with E-state index in [9.17, 15) is 4.79 Å². The zero-order valence-corrected chi connectivity index (χ0v) is 8.42. The molecule has 1 heterocycles. The number of nitrogens with two attached hydrogens (primary N) is 1. The van der Waals surface area contributed by atoms with Crippen LogP contribution in [-0.2, 0) is 4.74 Å². The highest BCUT2D eigenvalue weighted by molar-refractivity contribution is 5.92. The van der Waals surface area contributed by atoms with Gasteiger partial charge in [0.1, 0.15) is 0 Å². The summed E-state index contributed by atoms with van der Waals surface area (Å²) in [7, 11) is 0. The second-order valence-electron chi connectivity index (χ2n) is 3.12. The number of ether oxygens (including phenoxy) is 1. The molecule has 0 radical (unpaired) electrons. The molecule has 14 heavy (non-hydrogen) atoms. The van der Waals surface area contributed by atoms with Gasteiger partial charge >= 0.3 is 5.97 Å². The Labute approximate surface area is 88.7 Å². The first-order chi connectivity index (χ1) is 6.33. The Morgan fingerprint density at radius 1 is 1.43 bits per heavy atom. The van der Waals surface area contributed by atoms with E-state index in [-0.39, 0.29) is 24.3 Å². The number of carbonyl (C=O) groups is 1. The van der Waals surface area contributed by atoms with Crippen molar-refractivity contribution in [1.29, 1.82) is 0 Å². The molecular formula is C10H12ClNO2. The summed E-state index contributed by atoms with van der Waals surface area (Å²) in [6.45, 7) is 0.927. The largest absolute Gasteiger partial charge is 0.461 e. The molecule has 4 heteroatoms. The number of benzene rings is 1. The predicted octanol–water partition coefficient (Wildman–Crippen LogP) is 1.32. The normalized spacial score (nSPS) is 19.2. The lowest BCUT2D eigenvalue weighted by Crippen LogP contribution is -2.27. The van der Waals surface area contributed by atoms with Crippen molar-refractivity contribution in [2.75, 3.05) is 13.2 Å². The van der Waals surface area contributed by atoms with Crippen molar-refractivity contribution in [3.63, 3.8) is 0 Å². The van der Waals surface area contributed by atoms with Gasteiger partial charge in [0.15, 0.2) is 0 Å². The molecule has 1 aromatic carbocycles. The van der Waals surface area contributed by atoms with Crippen molar-refractivity contribution in [3.8, 4) is 0 Å². The monoisotopic (exact) mass is 213 g/mol. The molecule has 2 rings (SSSR count). The van der Waals surface area contributed by atoms with E-state index in [4.69, 9.17) is 10.5 Å². The van der Waals surface area contributed by atoms with Gasteiger partial charge < -0.3 is 10.5 Å². The number of halogens is 1. The summed E-state index contributed by atoms with van der Waals surface area (Å²) < 4.78 is 4.99. The SMILES string of the molecule is Cl.NCC1COC(=O)c2ccccc21. The topological polar surface area (TPSA) is 52.3 Å². The van der Waals surface area contributed by atoms with E-state index in [1.54, 1.807) is 6.07 Å². The third-order valence-electron chi connectivity index (χ3n) is 2.32. The third kappa shape index (κ3) is 1.74. The molecular weight excluding hydrogens is 202 g/mol. The van der Waals surface area contributed by atoms with Gasteiger partial charge in [-0.05, 0) is 11.6 Å². The third-order valence-corrected chi connectivity index (χ3v) is 2.32. The molecule has 0 amide bonds. The summed E-state index contributed by atoms with van der Waals surface area (Å²) >= 11 is 0. The van der Waals surface area contributed by atoms with Gasteiger partial charge in [-0.25, -0.2) is 4.79 Å². The quantitative estimate of drug-likeness (QED) is 0.716. The maximum Gasteiger partial charge on any atom is 0.338 e. The number of esters is 1. The Morgan fingerprint density at radius 2 is 2.14 bits per heavy atom. The maximum atomic E-state index is 11.3. The van der Waals surface area contributed by atoms with Crippen LogP contribution >= 0.6 is 12.4 Å². The molecule has 0 saturated carbocycles. The Morgan fingerprint density at radius 3 is 2.86 bits per heavy atom. The molecule has 0 spiro atoms. The molecule has 0 saturated heterocycles. The highest BCUT2D eigenvalue weighted by atomic mass is 35.5. The van der Waals surface area contributed by atoms with Crippen molar-refractivity contribution >= 4 is 18.4 Å². The summed E-state index contributed by atoms with van der Waals surface area (Å²) in [6.07, 6.45) is 0. The van der Waals surface area contributed by atoms with E-state index in [1.165, 1.54) is 0 Å².